The molecule has 1 aromatic rings. The van der Waals surface area contributed by atoms with Gasteiger partial charge in [0, 0.05) is 10.9 Å². The summed E-state index contributed by atoms with van der Waals surface area (Å²) in [6.07, 6.45) is -0.575. The Hall–Kier alpha value is -0.490. The standard InChI is InChI=1S/C11H14Cl2O4S/c1-9(17-18(14,15)7-6-12)8-16-11-4-2-10(13)3-5-11/h2-5,9H,6-8H2,1H3/t9-/m0/s1. The molecule has 0 heterocycles. The Labute approximate surface area is 117 Å². The van der Waals surface area contributed by atoms with Crippen LogP contribution in [0, 0.1) is 0 Å². The summed E-state index contributed by atoms with van der Waals surface area (Å²) in [4.78, 5) is 0. The van der Waals surface area contributed by atoms with E-state index in [-0.39, 0.29) is 18.2 Å². The lowest BCUT2D eigenvalue weighted by atomic mass is 10.3. The smallest absolute Gasteiger partial charge is 0.268 e. The molecule has 0 saturated heterocycles. The molecule has 0 radical (unpaired) electrons. The van der Waals surface area contributed by atoms with Gasteiger partial charge in [0.25, 0.3) is 10.1 Å². The van der Waals surface area contributed by atoms with E-state index < -0.39 is 16.2 Å². The second-order valence-corrected chi connectivity index (χ2v) is 6.15. The lowest BCUT2D eigenvalue weighted by Crippen LogP contribution is -2.24. The topological polar surface area (TPSA) is 52.6 Å². The van der Waals surface area contributed by atoms with Gasteiger partial charge in [-0.05, 0) is 31.2 Å². The molecule has 0 bridgehead atoms. The molecule has 18 heavy (non-hydrogen) atoms. The molecule has 0 aliphatic heterocycles. The molecule has 1 atom stereocenters. The number of hydrogen-bond acceptors (Lipinski definition) is 4. The average Bonchev–Trinajstić information content (AvgIpc) is 2.27. The Morgan fingerprint density at radius 3 is 2.44 bits per heavy atom. The van der Waals surface area contributed by atoms with Crippen LogP contribution in [0.25, 0.3) is 0 Å². The maximum Gasteiger partial charge on any atom is 0.268 e. The molecule has 102 valence electrons. The fourth-order valence-electron chi connectivity index (χ4n) is 1.17. The number of halogens is 2. The van der Waals surface area contributed by atoms with E-state index in [2.05, 4.69) is 0 Å². The number of rotatable bonds is 7. The maximum atomic E-state index is 11.3. The highest BCUT2D eigenvalue weighted by molar-refractivity contribution is 7.86. The first-order valence-electron chi connectivity index (χ1n) is 5.28. The van der Waals surface area contributed by atoms with Gasteiger partial charge in [0.15, 0.2) is 0 Å². The van der Waals surface area contributed by atoms with Gasteiger partial charge in [-0.25, -0.2) is 0 Å². The third-order valence-electron chi connectivity index (χ3n) is 1.94. The Balaban J connectivity index is 2.42. The zero-order valence-corrected chi connectivity index (χ0v) is 12.1. The molecule has 4 nitrogen and oxygen atoms in total. The number of ether oxygens (including phenoxy) is 1. The summed E-state index contributed by atoms with van der Waals surface area (Å²) in [5, 5.41) is 0.608. The Bertz CT molecular complexity index is 458. The van der Waals surface area contributed by atoms with E-state index in [4.69, 9.17) is 32.1 Å². The van der Waals surface area contributed by atoms with E-state index in [1.54, 1.807) is 31.2 Å². The maximum absolute atomic E-state index is 11.3. The van der Waals surface area contributed by atoms with E-state index in [0.29, 0.717) is 10.8 Å². The van der Waals surface area contributed by atoms with E-state index in [9.17, 15) is 8.42 Å². The van der Waals surface area contributed by atoms with Crippen LogP contribution in [0.1, 0.15) is 6.92 Å². The molecule has 0 unspecified atom stereocenters. The van der Waals surface area contributed by atoms with Gasteiger partial charge in [0.2, 0.25) is 0 Å². The third-order valence-corrected chi connectivity index (χ3v) is 3.93. The van der Waals surface area contributed by atoms with Crippen LogP contribution in [0.4, 0.5) is 0 Å². The number of hydrogen-bond donors (Lipinski definition) is 0. The minimum absolute atomic E-state index is 0.00704. The lowest BCUT2D eigenvalue weighted by Gasteiger charge is -2.13. The van der Waals surface area contributed by atoms with Crippen LogP contribution in [-0.4, -0.2) is 32.8 Å². The van der Waals surface area contributed by atoms with Gasteiger partial charge in [-0.15, -0.1) is 11.6 Å². The van der Waals surface area contributed by atoms with Gasteiger partial charge in [-0.3, -0.25) is 4.18 Å². The first-order chi connectivity index (χ1) is 8.43. The van der Waals surface area contributed by atoms with Crippen molar-refractivity contribution in [3.05, 3.63) is 29.3 Å². The number of benzene rings is 1. The average molecular weight is 313 g/mol. The molecule has 0 aliphatic carbocycles. The second-order valence-electron chi connectivity index (χ2n) is 3.62. The van der Waals surface area contributed by atoms with Crippen LogP contribution < -0.4 is 4.74 Å². The molecule has 1 aromatic carbocycles. The van der Waals surface area contributed by atoms with Crippen molar-refractivity contribution in [2.24, 2.45) is 0 Å². The summed E-state index contributed by atoms with van der Waals surface area (Å²) in [7, 11) is -3.58. The van der Waals surface area contributed by atoms with Crippen molar-refractivity contribution >= 4 is 33.3 Å². The van der Waals surface area contributed by atoms with E-state index in [1.165, 1.54) is 0 Å². The summed E-state index contributed by atoms with van der Waals surface area (Å²) in [5.41, 5.74) is 0. The summed E-state index contributed by atoms with van der Waals surface area (Å²) in [5.74, 6) is 0.400. The molecule has 0 fully saturated rings. The molecule has 0 saturated carbocycles. The Kier molecular flexibility index (Phi) is 6.21. The van der Waals surface area contributed by atoms with Crippen LogP contribution in [0.5, 0.6) is 5.75 Å². The van der Waals surface area contributed by atoms with Crippen molar-refractivity contribution in [2.45, 2.75) is 13.0 Å². The van der Waals surface area contributed by atoms with E-state index >= 15 is 0 Å². The Morgan fingerprint density at radius 2 is 1.89 bits per heavy atom. The molecular weight excluding hydrogens is 299 g/mol. The minimum atomic E-state index is -3.58. The molecule has 0 aliphatic rings. The summed E-state index contributed by atoms with van der Waals surface area (Å²) in [6.45, 7) is 1.74. The van der Waals surface area contributed by atoms with E-state index in [0.717, 1.165) is 0 Å². The molecule has 0 aromatic heterocycles. The number of alkyl halides is 1. The van der Waals surface area contributed by atoms with Gasteiger partial charge in [-0.2, -0.15) is 8.42 Å². The molecule has 0 amide bonds. The van der Waals surface area contributed by atoms with Gasteiger partial charge in [0.1, 0.15) is 18.5 Å². The molecule has 0 N–H and O–H groups in total. The van der Waals surface area contributed by atoms with Crippen molar-refractivity contribution in [1.29, 1.82) is 0 Å². The quantitative estimate of drug-likeness (QED) is 0.574. The van der Waals surface area contributed by atoms with Crippen LogP contribution in [0.2, 0.25) is 5.02 Å². The molecular formula is C11H14Cl2O4S. The Morgan fingerprint density at radius 1 is 1.28 bits per heavy atom. The van der Waals surface area contributed by atoms with Crippen molar-refractivity contribution < 1.29 is 17.3 Å². The fourth-order valence-corrected chi connectivity index (χ4v) is 2.70. The van der Waals surface area contributed by atoms with Gasteiger partial charge in [0.05, 0.1) is 5.75 Å². The highest BCUT2D eigenvalue weighted by Crippen LogP contribution is 2.16. The second kappa shape index (κ2) is 7.19. The summed E-state index contributed by atoms with van der Waals surface area (Å²) < 4.78 is 32.9. The lowest BCUT2D eigenvalue weighted by molar-refractivity contribution is 0.149. The third kappa shape index (κ3) is 5.91. The van der Waals surface area contributed by atoms with Crippen molar-refractivity contribution in [3.63, 3.8) is 0 Å². The van der Waals surface area contributed by atoms with Crippen LogP contribution >= 0.6 is 23.2 Å². The van der Waals surface area contributed by atoms with Crippen molar-refractivity contribution in [3.8, 4) is 5.75 Å². The molecule has 1 rings (SSSR count). The first-order valence-corrected chi connectivity index (χ1v) is 7.77. The fraction of sp³-hybridized carbons (Fsp3) is 0.455. The van der Waals surface area contributed by atoms with Gasteiger partial charge >= 0.3 is 0 Å². The first kappa shape index (κ1) is 15.6. The minimum Gasteiger partial charge on any atom is -0.491 e. The van der Waals surface area contributed by atoms with E-state index in [1.807, 2.05) is 0 Å². The molecule has 7 heteroatoms. The van der Waals surface area contributed by atoms with Crippen LogP contribution in [-0.2, 0) is 14.3 Å². The van der Waals surface area contributed by atoms with Crippen molar-refractivity contribution in [1.82, 2.24) is 0 Å². The summed E-state index contributed by atoms with van der Waals surface area (Å²) in [6, 6.07) is 6.77. The highest BCUT2D eigenvalue weighted by Gasteiger charge is 2.15. The predicted octanol–water partition coefficient (Wildman–Crippen LogP) is 2.69. The SMILES string of the molecule is C[C@@H](COc1ccc(Cl)cc1)OS(=O)(=O)CCCl. The molecule has 0 spiro atoms. The monoisotopic (exact) mass is 312 g/mol. The zero-order chi connectivity index (χ0) is 13.6. The normalized spacial score (nSPS) is 13.3. The largest absolute Gasteiger partial charge is 0.491 e. The zero-order valence-electron chi connectivity index (χ0n) is 9.81. The van der Waals surface area contributed by atoms with Gasteiger partial charge in [-0.1, -0.05) is 11.6 Å². The van der Waals surface area contributed by atoms with Gasteiger partial charge < -0.3 is 4.74 Å². The predicted molar refractivity (Wildman–Crippen MR) is 72.0 cm³/mol. The summed E-state index contributed by atoms with van der Waals surface area (Å²) >= 11 is 11.1. The highest BCUT2D eigenvalue weighted by atomic mass is 35.5. The van der Waals surface area contributed by atoms with Crippen LogP contribution in [0.3, 0.4) is 0 Å². The van der Waals surface area contributed by atoms with Crippen LogP contribution in [0.15, 0.2) is 24.3 Å². The van der Waals surface area contributed by atoms with Crippen molar-refractivity contribution in [2.75, 3.05) is 18.2 Å².